The van der Waals surface area contributed by atoms with Crippen LogP contribution in [0.25, 0.3) is 11.1 Å². The second kappa shape index (κ2) is 9.84. The monoisotopic (exact) mass is 545 g/mol. The quantitative estimate of drug-likeness (QED) is 0.246. The van der Waals surface area contributed by atoms with Gasteiger partial charge < -0.3 is 4.90 Å². The van der Waals surface area contributed by atoms with E-state index in [0.717, 1.165) is 27.1 Å². The van der Waals surface area contributed by atoms with Crippen LogP contribution in [0.4, 0.5) is 17.1 Å². The molecule has 3 heteroatoms. The third kappa shape index (κ3) is 5.50. The van der Waals surface area contributed by atoms with Gasteiger partial charge >= 0.3 is 0 Å². The lowest BCUT2D eigenvalue weighted by Crippen LogP contribution is -2.16. The van der Waals surface area contributed by atoms with Gasteiger partial charge in [0.1, 0.15) is 0 Å². The van der Waals surface area contributed by atoms with Gasteiger partial charge in [-0.15, -0.1) is 0 Å². The number of para-hydroxylation sites is 1. The molecular weight excluding hydrogens is 514 g/mol. The van der Waals surface area contributed by atoms with Crippen LogP contribution in [0, 0.1) is 0 Å². The zero-order valence-corrected chi connectivity index (χ0v) is 23.7. The third-order valence-corrected chi connectivity index (χ3v) is 7.59. The molecule has 35 heavy (non-hydrogen) atoms. The van der Waals surface area contributed by atoms with Crippen molar-refractivity contribution in [3.63, 3.8) is 0 Å². The van der Waals surface area contributed by atoms with Crippen molar-refractivity contribution in [2.75, 3.05) is 4.90 Å². The summed E-state index contributed by atoms with van der Waals surface area (Å²) in [7, 11) is 0. The smallest absolute Gasteiger partial charge is 0.0788 e. The molecule has 0 aliphatic carbocycles. The van der Waals surface area contributed by atoms with Gasteiger partial charge in [0.2, 0.25) is 0 Å². The maximum absolute atomic E-state index is 7.02. The number of halogens is 2. The largest absolute Gasteiger partial charge is 0.308 e. The van der Waals surface area contributed by atoms with E-state index >= 15 is 0 Å². The molecule has 4 aromatic carbocycles. The SMILES string of the molecule is CC(C)(C)c1ccc(N(c2ccccc2-c2ccccc2)c2cc(C(C)(C)C)cc(Br)c2Cl)cc1. The highest BCUT2D eigenvalue weighted by Crippen LogP contribution is 2.47. The molecule has 0 saturated heterocycles. The Balaban J connectivity index is 2.01. The van der Waals surface area contributed by atoms with Gasteiger partial charge in [-0.25, -0.2) is 0 Å². The molecule has 4 aromatic rings. The summed E-state index contributed by atoms with van der Waals surface area (Å²) in [5.41, 5.74) is 8.01. The minimum atomic E-state index is -0.0252. The van der Waals surface area contributed by atoms with Crippen LogP contribution in [0.5, 0.6) is 0 Å². The molecule has 0 fully saturated rings. The normalized spacial score (nSPS) is 12.0. The van der Waals surface area contributed by atoms with Crippen LogP contribution < -0.4 is 4.90 Å². The highest BCUT2D eigenvalue weighted by atomic mass is 79.9. The van der Waals surface area contributed by atoms with Gasteiger partial charge in [0.05, 0.1) is 16.4 Å². The molecular formula is C32H33BrClN. The summed E-state index contributed by atoms with van der Waals surface area (Å²) in [6, 6.07) is 32.3. The predicted octanol–water partition coefficient (Wildman–Crippen LogP) is 10.8. The molecule has 0 spiro atoms. The summed E-state index contributed by atoms with van der Waals surface area (Å²) in [6.07, 6.45) is 0. The minimum Gasteiger partial charge on any atom is -0.308 e. The fourth-order valence-corrected chi connectivity index (χ4v) is 4.86. The van der Waals surface area contributed by atoms with Crippen LogP contribution in [0.1, 0.15) is 52.7 Å². The van der Waals surface area contributed by atoms with Crippen LogP contribution in [0.2, 0.25) is 5.02 Å². The molecule has 4 rings (SSSR count). The number of hydrogen-bond acceptors (Lipinski definition) is 1. The van der Waals surface area contributed by atoms with E-state index in [0.29, 0.717) is 5.02 Å². The van der Waals surface area contributed by atoms with Crippen molar-refractivity contribution < 1.29 is 0 Å². The Morgan fingerprint density at radius 1 is 0.629 bits per heavy atom. The van der Waals surface area contributed by atoms with Crippen molar-refractivity contribution in [1.82, 2.24) is 0 Å². The van der Waals surface area contributed by atoms with Crippen LogP contribution in [0.15, 0.2) is 95.5 Å². The van der Waals surface area contributed by atoms with E-state index in [4.69, 9.17) is 11.6 Å². The van der Waals surface area contributed by atoms with Gasteiger partial charge in [0, 0.05) is 15.7 Å². The number of anilines is 3. The minimum absolute atomic E-state index is 0.0252. The fourth-order valence-electron chi connectivity index (χ4n) is 4.22. The summed E-state index contributed by atoms with van der Waals surface area (Å²) in [5.74, 6) is 0. The Labute approximate surface area is 223 Å². The maximum atomic E-state index is 7.02. The van der Waals surface area contributed by atoms with Gasteiger partial charge in [-0.3, -0.25) is 0 Å². The number of rotatable bonds is 4. The van der Waals surface area contributed by atoms with E-state index in [-0.39, 0.29) is 10.8 Å². The highest BCUT2D eigenvalue weighted by molar-refractivity contribution is 9.10. The third-order valence-electron chi connectivity index (χ3n) is 6.34. The van der Waals surface area contributed by atoms with Crippen molar-refractivity contribution in [3.05, 3.63) is 112 Å². The van der Waals surface area contributed by atoms with Crippen LogP contribution in [-0.2, 0) is 10.8 Å². The first-order valence-corrected chi connectivity index (χ1v) is 13.2. The Morgan fingerprint density at radius 2 is 1.20 bits per heavy atom. The Kier molecular flexibility index (Phi) is 7.18. The summed E-state index contributed by atoms with van der Waals surface area (Å²) in [6.45, 7) is 13.4. The molecule has 180 valence electrons. The first-order valence-electron chi connectivity index (χ1n) is 12.0. The molecule has 0 aromatic heterocycles. The lowest BCUT2D eigenvalue weighted by atomic mass is 9.86. The predicted molar refractivity (Wildman–Crippen MR) is 157 cm³/mol. The lowest BCUT2D eigenvalue weighted by molar-refractivity contribution is 0.589. The molecule has 0 bridgehead atoms. The summed E-state index contributed by atoms with van der Waals surface area (Å²) >= 11 is 10.8. The first-order chi connectivity index (χ1) is 16.5. The van der Waals surface area contributed by atoms with Crippen molar-refractivity contribution in [2.24, 2.45) is 0 Å². The standard InChI is InChI=1S/C32H33BrClN/c1-31(2,3)23-16-18-25(19-17-23)35(29-21-24(32(4,5)6)20-27(33)30(29)34)28-15-11-10-14-26(28)22-12-8-7-9-13-22/h7-21H,1-6H3. The van der Waals surface area contributed by atoms with E-state index < -0.39 is 0 Å². The van der Waals surface area contributed by atoms with E-state index in [2.05, 4.69) is 153 Å². The molecule has 0 unspecified atom stereocenters. The zero-order valence-electron chi connectivity index (χ0n) is 21.4. The Morgan fingerprint density at radius 3 is 1.80 bits per heavy atom. The van der Waals surface area contributed by atoms with E-state index in [1.165, 1.54) is 16.7 Å². The molecule has 0 aliphatic rings. The number of benzene rings is 4. The zero-order chi connectivity index (χ0) is 25.4. The van der Waals surface area contributed by atoms with Crippen LogP contribution in [0.3, 0.4) is 0 Å². The molecule has 0 heterocycles. The van der Waals surface area contributed by atoms with Crippen molar-refractivity contribution in [2.45, 2.75) is 52.4 Å². The van der Waals surface area contributed by atoms with Gasteiger partial charge in [0.25, 0.3) is 0 Å². The molecule has 0 N–H and O–H groups in total. The molecule has 0 radical (unpaired) electrons. The average Bonchev–Trinajstić information content (AvgIpc) is 2.82. The molecule has 0 atom stereocenters. The topological polar surface area (TPSA) is 3.24 Å². The highest BCUT2D eigenvalue weighted by Gasteiger charge is 2.24. The summed E-state index contributed by atoms with van der Waals surface area (Å²) in [5, 5.41) is 0.695. The molecule has 0 amide bonds. The number of nitrogens with zero attached hydrogens (tertiary/aromatic N) is 1. The van der Waals surface area contributed by atoms with Crippen molar-refractivity contribution in [1.29, 1.82) is 0 Å². The Bertz CT molecular complexity index is 1310. The van der Waals surface area contributed by atoms with Gasteiger partial charge in [-0.05, 0) is 73.8 Å². The van der Waals surface area contributed by atoms with E-state index in [1.54, 1.807) is 0 Å². The summed E-state index contributed by atoms with van der Waals surface area (Å²) < 4.78 is 0.898. The van der Waals surface area contributed by atoms with Gasteiger partial charge in [-0.2, -0.15) is 0 Å². The van der Waals surface area contributed by atoms with Crippen LogP contribution >= 0.6 is 27.5 Å². The van der Waals surface area contributed by atoms with E-state index in [9.17, 15) is 0 Å². The fraction of sp³-hybridized carbons (Fsp3) is 0.250. The second-order valence-electron chi connectivity index (χ2n) is 11.1. The Hall–Kier alpha value is -2.55. The van der Waals surface area contributed by atoms with Crippen LogP contribution in [-0.4, -0.2) is 0 Å². The number of hydrogen-bond donors (Lipinski definition) is 0. The second-order valence-corrected chi connectivity index (χ2v) is 12.3. The molecule has 0 saturated carbocycles. The maximum Gasteiger partial charge on any atom is 0.0788 e. The van der Waals surface area contributed by atoms with Gasteiger partial charge in [-0.1, -0.05) is 114 Å². The lowest BCUT2D eigenvalue weighted by Gasteiger charge is -2.31. The average molecular weight is 547 g/mol. The van der Waals surface area contributed by atoms with Crippen molar-refractivity contribution >= 4 is 44.6 Å². The van der Waals surface area contributed by atoms with Gasteiger partial charge in [0.15, 0.2) is 0 Å². The molecule has 1 nitrogen and oxygen atoms in total. The van der Waals surface area contributed by atoms with E-state index in [1.807, 2.05) is 0 Å². The first kappa shape index (κ1) is 25.5. The molecule has 0 aliphatic heterocycles. The van der Waals surface area contributed by atoms with Crippen molar-refractivity contribution in [3.8, 4) is 11.1 Å². The summed E-state index contributed by atoms with van der Waals surface area (Å²) in [4.78, 5) is 2.29.